The number of hydrogen-bond donors (Lipinski definition) is 12. The van der Waals surface area contributed by atoms with E-state index >= 15 is 0 Å². The number of aliphatic hydroxyl groups is 5. The second kappa shape index (κ2) is 15.4. The number of amides is 1. The highest BCUT2D eigenvalue weighted by Crippen LogP contribution is 2.32. The smallest absolute Gasteiger partial charge is 0.249 e. The zero-order valence-corrected chi connectivity index (χ0v) is 24.1. The summed E-state index contributed by atoms with van der Waals surface area (Å²) in [5, 5.41) is 68.1. The number of carbonyl (C=O) groups is 1. The van der Waals surface area contributed by atoms with Crippen molar-refractivity contribution in [1.29, 1.82) is 5.41 Å². The standard InChI is InChI=1S/C25H49N7O10/c1-25(38)10-39-24(18(36)21(25)30-2)42-20-14(32-22(37)15(34)5-6-26)7-13(28)19(17(20)35)41-23-12(27)4-3-11(40-23)8-31-16(29)9-33/h11-15,17-21,23-24,30,33-36,38H,3-10,26-28H2,1-2H3,(H2,29,31)(H,32,37)/t11-,12?,13-,14+,15-,17?,18?,19?,20?,21+,23+,24+,25?/m0/s1. The molecular weight excluding hydrogens is 558 g/mol. The molecule has 1 amide bonds. The largest absolute Gasteiger partial charge is 0.388 e. The fourth-order valence-electron chi connectivity index (χ4n) is 5.63. The van der Waals surface area contributed by atoms with E-state index in [2.05, 4.69) is 16.0 Å². The lowest BCUT2D eigenvalue weighted by Gasteiger charge is -2.49. The molecule has 0 radical (unpaired) electrons. The Labute approximate surface area is 244 Å². The molecule has 15 N–H and O–H groups in total. The van der Waals surface area contributed by atoms with Crippen LogP contribution in [-0.2, 0) is 23.7 Å². The van der Waals surface area contributed by atoms with E-state index in [-0.39, 0.29) is 44.5 Å². The Morgan fingerprint density at radius 2 is 1.83 bits per heavy atom. The number of nitrogens with one attached hydrogen (secondary N) is 4. The molecule has 0 spiro atoms. The minimum Gasteiger partial charge on any atom is -0.388 e. The monoisotopic (exact) mass is 607 g/mol. The summed E-state index contributed by atoms with van der Waals surface area (Å²) in [6.45, 7) is 1.18. The van der Waals surface area contributed by atoms with Gasteiger partial charge in [-0.15, -0.1) is 0 Å². The van der Waals surface area contributed by atoms with Gasteiger partial charge in [-0.25, -0.2) is 0 Å². The maximum atomic E-state index is 12.7. The molecule has 17 nitrogen and oxygen atoms in total. The van der Waals surface area contributed by atoms with Crippen LogP contribution in [0.4, 0.5) is 0 Å². The molecule has 0 aromatic rings. The van der Waals surface area contributed by atoms with Gasteiger partial charge in [-0.2, -0.15) is 0 Å². The van der Waals surface area contributed by atoms with Gasteiger partial charge in [0.1, 0.15) is 48.6 Å². The van der Waals surface area contributed by atoms with Crippen LogP contribution in [0.15, 0.2) is 0 Å². The third-order valence-electron chi connectivity index (χ3n) is 8.01. The van der Waals surface area contributed by atoms with Crippen LogP contribution in [0, 0.1) is 5.41 Å². The number of likely N-dealkylation sites (N-methyl/N-ethyl adjacent to an activating group) is 1. The number of ether oxygens (including phenoxy) is 4. The zero-order valence-electron chi connectivity index (χ0n) is 24.1. The van der Waals surface area contributed by atoms with Gasteiger partial charge >= 0.3 is 0 Å². The maximum absolute atomic E-state index is 12.7. The number of hydrogen-bond acceptors (Lipinski definition) is 15. The third-order valence-corrected chi connectivity index (χ3v) is 8.01. The Kier molecular flexibility index (Phi) is 12.8. The van der Waals surface area contributed by atoms with Gasteiger partial charge in [-0.3, -0.25) is 10.2 Å². The van der Waals surface area contributed by atoms with Crippen molar-refractivity contribution in [2.75, 3.05) is 33.4 Å². The normalized spacial score (nSPS) is 41.6. The van der Waals surface area contributed by atoms with Crippen molar-refractivity contribution in [3.8, 4) is 0 Å². The van der Waals surface area contributed by atoms with Crippen molar-refractivity contribution in [3.05, 3.63) is 0 Å². The minimum absolute atomic E-state index is 0.0124. The first-order valence-corrected chi connectivity index (χ1v) is 14.3. The van der Waals surface area contributed by atoms with Crippen LogP contribution in [0.3, 0.4) is 0 Å². The number of nitrogens with two attached hydrogens (primary N) is 3. The molecule has 0 aromatic heterocycles. The predicted octanol–water partition coefficient (Wildman–Crippen LogP) is -5.51. The van der Waals surface area contributed by atoms with Crippen molar-refractivity contribution in [2.24, 2.45) is 17.2 Å². The van der Waals surface area contributed by atoms with E-state index in [4.69, 9.17) is 46.7 Å². The highest BCUT2D eigenvalue weighted by molar-refractivity contribution is 5.81. The second-order valence-electron chi connectivity index (χ2n) is 11.5. The van der Waals surface area contributed by atoms with Crippen molar-refractivity contribution < 1.29 is 49.3 Å². The second-order valence-corrected chi connectivity index (χ2v) is 11.5. The number of carbonyl (C=O) groups excluding carboxylic acids is 1. The van der Waals surface area contributed by atoms with E-state index in [0.717, 1.165) is 0 Å². The lowest BCUT2D eigenvalue weighted by molar-refractivity contribution is -0.307. The van der Waals surface area contributed by atoms with Gasteiger partial charge in [0.25, 0.3) is 0 Å². The molecule has 6 unspecified atom stereocenters. The van der Waals surface area contributed by atoms with Crippen LogP contribution in [0.2, 0.25) is 0 Å². The molecule has 3 rings (SSSR count). The minimum atomic E-state index is -1.48. The summed E-state index contributed by atoms with van der Waals surface area (Å²) >= 11 is 0. The lowest BCUT2D eigenvalue weighted by Crippen LogP contribution is -2.69. The summed E-state index contributed by atoms with van der Waals surface area (Å²) in [7, 11) is 1.56. The van der Waals surface area contributed by atoms with Crippen LogP contribution in [0.5, 0.6) is 0 Å². The number of rotatable bonds is 12. The molecule has 13 atom stereocenters. The van der Waals surface area contributed by atoms with E-state index in [0.29, 0.717) is 12.8 Å². The molecule has 3 aliphatic rings. The topological polar surface area (TPSA) is 293 Å². The van der Waals surface area contributed by atoms with Crippen LogP contribution in [0.1, 0.15) is 32.6 Å². The molecule has 2 aliphatic heterocycles. The maximum Gasteiger partial charge on any atom is 0.249 e. The molecule has 17 heteroatoms. The summed E-state index contributed by atoms with van der Waals surface area (Å²) in [5.74, 6) is -0.796. The number of amidine groups is 1. The summed E-state index contributed by atoms with van der Waals surface area (Å²) in [6, 6.07) is -3.15. The average Bonchev–Trinajstić information content (AvgIpc) is 2.94. The summed E-state index contributed by atoms with van der Waals surface area (Å²) in [6.07, 6.45) is -8.07. The quantitative estimate of drug-likeness (QED) is 0.0727. The van der Waals surface area contributed by atoms with Gasteiger partial charge in [0.15, 0.2) is 12.6 Å². The van der Waals surface area contributed by atoms with Crippen molar-refractivity contribution in [1.82, 2.24) is 16.0 Å². The van der Waals surface area contributed by atoms with Crippen LogP contribution in [0.25, 0.3) is 0 Å². The highest BCUT2D eigenvalue weighted by Gasteiger charge is 2.52. The van der Waals surface area contributed by atoms with E-state index in [1.165, 1.54) is 6.92 Å². The highest BCUT2D eigenvalue weighted by atomic mass is 16.7. The van der Waals surface area contributed by atoms with E-state index < -0.39 is 85.4 Å². The third kappa shape index (κ3) is 8.53. The molecule has 3 fully saturated rings. The van der Waals surface area contributed by atoms with Gasteiger partial charge in [0.2, 0.25) is 5.91 Å². The van der Waals surface area contributed by atoms with Crippen LogP contribution in [-0.4, -0.2) is 150 Å². The predicted molar refractivity (Wildman–Crippen MR) is 148 cm³/mol. The Bertz CT molecular complexity index is 888. The van der Waals surface area contributed by atoms with E-state index in [1.807, 2.05) is 0 Å². The van der Waals surface area contributed by atoms with Gasteiger partial charge in [0.05, 0.1) is 30.8 Å². The first-order chi connectivity index (χ1) is 19.8. The fourth-order valence-corrected chi connectivity index (χ4v) is 5.63. The van der Waals surface area contributed by atoms with Crippen molar-refractivity contribution >= 4 is 11.7 Å². The van der Waals surface area contributed by atoms with Gasteiger partial charge in [0, 0.05) is 12.6 Å². The first kappa shape index (κ1) is 34.9. The number of aliphatic hydroxyl groups excluding tert-OH is 4. The Morgan fingerprint density at radius 3 is 2.48 bits per heavy atom. The molecule has 42 heavy (non-hydrogen) atoms. The van der Waals surface area contributed by atoms with Crippen LogP contribution < -0.4 is 33.2 Å². The molecule has 1 aliphatic carbocycles. The molecular formula is C25H49N7O10. The average molecular weight is 608 g/mol. The summed E-state index contributed by atoms with van der Waals surface area (Å²) in [4.78, 5) is 12.7. The summed E-state index contributed by atoms with van der Waals surface area (Å²) in [5.41, 5.74) is 16.7. The fraction of sp³-hybridized carbons (Fsp3) is 0.920. The lowest BCUT2D eigenvalue weighted by atomic mass is 9.83. The van der Waals surface area contributed by atoms with Gasteiger partial charge < -0.3 is 77.6 Å². The van der Waals surface area contributed by atoms with Crippen molar-refractivity contribution in [3.63, 3.8) is 0 Å². The Hall–Kier alpha value is -1.58. The molecule has 2 saturated heterocycles. The molecule has 2 heterocycles. The van der Waals surface area contributed by atoms with Gasteiger partial charge in [-0.05, 0) is 46.2 Å². The Morgan fingerprint density at radius 1 is 1.14 bits per heavy atom. The molecule has 0 aromatic carbocycles. The molecule has 0 bridgehead atoms. The summed E-state index contributed by atoms with van der Waals surface area (Å²) < 4.78 is 23.8. The van der Waals surface area contributed by atoms with E-state index in [1.54, 1.807) is 7.05 Å². The Balaban J connectivity index is 1.78. The molecule has 244 valence electrons. The first-order valence-electron chi connectivity index (χ1n) is 14.3. The SMILES string of the molecule is CN[C@@H]1C(O)[C@@H](OC2C(O)C(O[C@H]3O[C@H](CNC(=N)CO)CCC3N)[C@@H](N)C[C@H]2NC(=O)[C@@H](O)CCN)OCC1(C)O. The van der Waals surface area contributed by atoms with Crippen molar-refractivity contribution in [2.45, 2.75) is 112 Å². The van der Waals surface area contributed by atoms with Gasteiger partial charge in [-0.1, -0.05) is 0 Å². The zero-order chi connectivity index (χ0) is 31.2. The van der Waals surface area contributed by atoms with Crippen LogP contribution >= 0.6 is 0 Å². The van der Waals surface area contributed by atoms with E-state index in [9.17, 15) is 25.2 Å². The molecule has 1 saturated carbocycles.